The number of nitrogen functional groups attached to an aromatic ring is 1. The predicted molar refractivity (Wildman–Crippen MR) is 117 cm³/mol. The Morgan fingerprint density at radius 3 is 2.77 bits per heavy atom. The van der Waals surface area contributed by atoms with E-state index in [9.17, 15) is 4.39 Å². The van der Waals surface area contributed by atoms with Crippen LogP contribution in [0.25, 0.3) is 33.1 Å². The third-order valence-corrected chi connectivity index (χ3v) is 5.20. The Morgan fingerprint density at radius 1 is 1.03 bits per heavy atom. The molecule has 0 spiro atoms. The minimum absolute atomic E-state index is 0.145. The van der Waals surface area contributed by atoms with Crippen molar-refractivity contribution in [3.63, 3.8) is 0 Å². The van der Waals surface area contributed by atoms with Crippen LogP contribution in [-0.2, 0) is 0 Å². The van der Waals surface area contributed by atoms with Crippen molar-refractivity contribution in [2.24, 2.45) is 0 Å². The first-order valence-corrected chi connectivity index (χ1v) is 9.61. The molecule has 148 valence electrons. The number of fused-ring (bicyclic) bond motifs is 2. The van der Waals surface area contributed by atoms with Crippen LogP contribution in [0.15, 0.2) is 67.0 Å². The fraction of sp³-hybridized carbons (Fsp3) is 0.0870. The molecule has 2 aromatic heterocycles. The van der Waals surface area contributed by atoms with E-state index in [1.807, 2.05) is 25.1 Å². The van der Waals surface area contributed by atoms with E-state index in [2.05, 4.69) is 49.5 Å². The highest BCUT2D eigenvalue weighted by Gasteiger charge is 2.18. The van der Waals surface area contributed by atoms with Gasteiger partial charge >= 0.3 is 0 Å². The number of nitrogens with two attached hydrogens (primary N) is 1. The Labute approximate surface area is 172 Å². The van der Waals surface area contributed by atoms with Crippen LogP contribution in [0.2, 0.25) is 0 Å². The maximum atomic E-state index is 14.1. The molecular formula is C23H19FN6. The van der Waals surface area contributed by atoms with Crippen molar-refractivity contribution in [3.05, 3.63) is 78.4 Å². The Kier molecular flexibility index (Phi) is 4.28. The molecule has 0 radical (unpaired) electrons. The van der Waals surface area contributed by atoms with E-state index in [4.69, 9.17) is 5.73 Å². The summed E-state index contributed by atoms with van der Waals surface area (Å²) in [5, 5.41) is 5.57. The van der Waals surface area contributed by atoms with E-state index in [-0.39, 0.29) is 17.8 Å². The van der Waals surface area contributed by atoms with E-state index in [0.717, 1.165) is 27.5 Å². The Bertz CT molecular complexity index is 1380. The summed E-state index contributed by atoms with van der Waals surface area (Å²) in [5.41, 5.74) is 9.86. The van der Waals surface area contributed by atoms with Gasteiger partial charge in [0.15, 0.2) is 11.5 Å². The number of aromatic amines is 1. The van der Waals surface area contributed by atoms with Crippen molar-refractivity contribution in [1.29, 1.82) is 0 Å². The van der Waals surface area contributed by atoms with E-state index >= 15 is 0 Å². The molecule has 5 rings (SSSR count). The van der Waals surface area contributed by atoms with Crippen LogP contribution >= 0.6 is 0 Å². The lowest BCUT2D eigenvalue weighted by Crippen LogP contribution is -2.11. The quantitative estimate of drug-likeness (QED) is 0.393. The molecule has 0 amide bonds. The molecule has 0 fully saturated rings. The van der Waals surface area contributed by atoms with Gasteiger partial charge in [0.05, 0.1) is 12.4 Å². The van der Waals surface area contributed by atoms with E-state index in [0.29, 0.717) is 17.0 Å². The van der Waals surface area contributed by atoms with Crippen LogP contribution in [0.3, 0.4) is 0 Å². The molecule has 6 nitrogen and oxygen atoms in total. The number of halogens is 1. The van der Waals surface area contributed by atoms with Crippen molar-refractivity contribution in [3.8, 4) is 11.1 Å². The summed E-state index contributed by atoms with van der Waals surface area (Å²) in [6, 6.07) is 18.8. The normalized spacial score (nSPS) is 12.3. The predicted octanol–water partition coefficient (Wildman–Crippen LogP) is 5.07. The Balaban J connectivity index is 1.66. The van der Waals surface area contributed by atoms with Crippen molar-refractivity contribution in [2.75, 3.05) is 11.1 Å². The molecule has 1 unspecified atom stereocenters. The van der Waals surface area contributed by atoms with E-state index in [1.165, 1.54) is 6.07 Å². The summed E-state index contributed by atoms with van der Waals surface area (Å²) in [6.45, 7) is 2.04. The molecule has 4 N–H and O–H groups in total. The van der Waals surface area contributed by atoms with Gasteiger partial charge in [-0.25, -0.2) is 9.37 Å². The standard InChI is InChI=1S/C23H19FN6/c1-13(28-22-20-21(27-12-26-20)29-23(25)30-22)17-10-9-14-5-2-3-8-18(14)19(17)15-6-4-7-16(24)11-15/h2-13H,1H3,(H4,25,26,27,28,29,30). The van der Waals surface area contributed by atoms with Gasteiger partial charge in [-0.15, -0.1) is 0 Å². The van der Waals surface area contributed by atoms with Gasteiger partial charge in [0.1, 0.15) is 11.3 Å². The first-order valence-electron chi connectivity index (χ1n) is 9.61. The van der Waals surface area contributed by atoms with Crippen molar-refractivity contribution >= 4 is 33.7 Å². The zero-order valence-corrected chi connectivity index (χ0v) is 16.2. The van der Waals surface area contributed by atoms with Crippen LogP contribution in [-0.4, -0.2) is 19.9 Å². The minimum Gasteiger partial charge on any atom is -0.368 e. The van der Waals surface area contributed by atoms with Crippen molar-refractivity contribution in [2.45, 2.75) is 13.0 Å². The topological polar surface area (TPSA) is 92.5 Å². The lowest BCUT2D eigenvalue weighted by Gasteiger charge is -2.21. The zero-order chi connectivity index (χ0) is 20.7. The van der Waals surface area contributed by atoms with Crippen LogP contribution in [0.5, 0.6) is 0 Å². The first kappa shape index (κ1) is 18.1. The highest BCUT2D eigenvalue weighted by Crippen LogP contribution is 2.37. The van der Waals surface area contributed by atoms with Gasteiger partial charge in [0, 0.05) is 0 Å². The lowest BCUT2D eigenvalue weighted by molar-refractivity contribution is 0.628. The molecule has 30 heavy (non-hydrogen) atoms. The number of aromatic nitrogens is 4. The van der Waals surface area contributed by atoms with Gasteiger partial charge in [-0.05, 0) is 46.5 Å². The number of hydrogen-bond acceptors (Lipinski definition) is 5. The van der Waals surface area contributed by atoms with Gasteiger partial charge in [0.2, 0.25) is 5.95 Å². The molecule has 3 aromatic carbocycles. The average molecular weight is 398 g/mol. The van der Waals surface area contributed by atoms with Crippen LogP contribution in [0.1, 0.15) is 18.5 Å². The monoisotopic (exact) mass is 398 g/mol. The van der Waals surface area contributed by atoms with Gasteiger partial charge in [-0.3, -0.25) is 0 Å². The fourth-order valence-corrected chi connectivity index (χ4v) is 3.85. The van der Waals surface area contributed by atoms with Gasteiger partial charge in [-0.1, -0.05) is 48.5 Å². The van der Waals surface area contributed by atoms with Crippen LogP contribution in [0, 0.1) is 5.82 Å². The number of nitrogens with one attached hydrogen (secondary N) is 2. The second-order valence-electron chi connectivity index (χ2n) is 7.16. The summed E-state index contributed by atoms with van der Waals surface area (Å²) < 4.78 is 14.1. The third kappa shape index (κ3) is 3.10. The smallest absolute Gasteiger partial charge is 0.224 e. The molecule has 5 aromatic rings. The molecule has 0 saturated carbocycles. The second-order valence-corrected chi connectivity index (χ2v) is 7.16. The van der Waals surface area contributed by atoms with Crippen LogP contribution in [0.4, 0.5) is 16.2 Å². The molecular weight excluding hydrogens is 379 g/mol. The highest BCUT2D eigenvalue weighted by molar-refractivity contribution is 5.98. The maximum absolute atomic E-state index is 14.1. The summed E-state index contributed by atoms with van der Waals surface area (Å²) in [6.07, 6.45) is 1.56. The van der Waals surface area contributed by atoms with E-state index < -0.39 is 0 Å². The third-order valence-electron chi connectivity index (χ3n) is 5.20. The van der Waals surface area contributed by atoms with Gasteiger partial charge < -0.3 is 16.0 Å². The molecule has 1 atom stereocenters. The van der Waals surface area contributed by atoms with E-state index in [1.54, 1.807) is 18.5 Å². The Morgan fingerprint density at radius 2 is 1.90 bits per heavy atom. The number of rotatable bonds is 4. The Hall–Kier alpha value is -4.00. The molecule has 0 aliphatic rings. The fourth-order valence-electron chi connectivity index (χ4n) is 3.85. The van der Waals surface area contributed by atoms with Gasteiger partial charge in [-0.2, -0.15) is 9.97 Å². The molecule has 0 saturated heterocycles. The van der Waals surface area contributed by atoms with Crippen LogP contribution < -0.4 is 11.1 Å². The number of nitrogens with zero attached hydrogens (tertiary/aromatic N) is 3. The number of anilines is 2. The van der Waals surface area contributed by atoms with Crippen molar-refractivity contribution < 1.29 is 4.39 Å². The number of hydrogen-bond donors (Lipinski definition) is 3. The highest BCUT2D eigenvalue weighted by atomic mass is 19.1. The summed E-state index contributed by atoms with van der Waals surface area (Å²) in [4.78, 5) is 15.7. The van der Waals surface area contributed by atoms with Gasteiger partial charge in [0.25, 0.3) is 0 Å². The maximum Gasteiger partial charge on any atom is 0.224 e. The summed E-state index contributed by atoms with van der Waals surface area (Å²) in [5.74, 6) is 0.448. The molecule has 2 heterocycles. The SMILES string of the molecule is CC(Nc1nc(N)nc2nc[nH]c12)c1ccc2ccccc2c1-c1cccc(F)c1. The molecule has 0 aliphatic heterocycles. The summed E-state index contributed by atoms with van der Waals surface area (Å²) in [7, 11) is 0. The largest absolute Gasteiger partial charge is 0.368 e. The van der Waals surface area contributed by atoms with Crippen molar-refractivity contribution in [1.82, 2.24) is 19.9 Å². The average Bonchev–Trinajstić information content (AvgIpc) is 3.21. The zero-order valence-electron chi connectivity index (χ0n) is 16.2. The number of benzene rings is 3. The molecule has 0 bridgehead atoms. The lowest BCUT2D eigenvalue weighted by atomic mass is 9.90. The molecule has 0 aliphatic carbocycles. The number of H-pyrrole nitrogens is 1. The minimum atomic E-state index is -0.269. The summed E-state index contributed by atoms with van der Waals surface area (Å²) >= 11 is 0. The molecule has 7 heteroatoms. The first-order chi connectivity index (χ1) is 14.6. The second kappa shape index (κ2) is 7.11. The number of imidazole rings is 1.